The fourth-order valence-electron chi connectivity index (χ4n) is 2.33. The Labute approximate surface area is 126 Å². The summed E-state index contributed by atoms with van der Waals surface area (Å²) in [6.07, 6.45) is 2.19. The molecule has 0 aromatic heterocycles. The van der Waals surface area contributed by atoms with Crippen LogP contribution < -0.4 is 10.1 Å². The average Bonchev–Trinajstić information content (AvgIpc) is 2.54. The molecule has 0 atom stereocenters. The van der Waals surface area contributed by atoms with Gasteiger partial charge in [-0.05, 0) is 35.7 Å². The molecule has 108 valence electrons. The van der Waals surface area contributed by atoms with E-state index in [1.54, 1.807) is 7.11 Å². The van der Waals surface area contributed by atoms with Gasteiger partial charge >= 0.3 is 0 Å². The summed E-state index contributed by atoms with van der Waals surface area (Å²) in [5, 5.41) is 12.6. The normalized spacial score (nSPS) is 9.95. The van der Waals surface area contributed by atoms with E-state index in [0.29, 0.717) is 17.9 Å². The van der Waals surface area contributed by atoms with Crippen LogP contribution in [0.3, 0.4) is 0 Å². The van der Waals surface area contributed by atoms with Gasteiger partial charge in [-0.2, -0.15) is 5.26 Å². The zero-order valence-electron chi connectivity index (χ0n) is 12.5. The van der Waals surface area contributed by atoms with Gasteiger partial charge in [-0.25, -0.2) is 0 Å². The van der Waals surface area contributed by atoms with Crippen molar-refractivity contribution in [2.24, 2.45) is 0 Å². The lowest BCUT2D eigenvalue weighted by Crippen LogP contribution is -2.03. The Morgan fingerprint density at radius 3 is 2.71 bits per heavy atom. The van der Waals surface area contributed by atoms with Crippen molar-refractivity contribution in [3.63, 3.8) is 0 Å². The number of nitrogens with one attached hydrogen (secondary N) is 1. The molecule has 0 saturated carbocycles. The molecule has 0 saturated heterocycles. The molecule has 2 rings (SSSR count). The van der Waals surface area contributed by atoms with Gasteiger partial charge in [-0.3, -0.25) is 0 Å². The van der Waals surface area contributed by atoms with Crippen LogP contribution in [0.15, 0.2) is 42.5 Å². The highest BCUT2D eigenvalue weighted by Gasteiger charge is 2.05. The maximum absolute atomic E-state index is 9.12. The first-order chi connectivity index (χ1) is 10.3. The second-order valence-electron chi connectivity index (χ2n) is 4.91. The largest absolute Gasteiger partial charge is 0.495 e. The first-order valence-corrected chi connectivity index (χ1v) is 7.17. The van der Waals surface area contributed by atoms with Crippen LogP contribution in [0.4, 0.5) is 5.69 Å². The van der Waals surface area contributed by atoms with E-state index in [2.05, 4.69) is 36.5 Å². The van der Waals surface area contributed by atoms with Crippen molar-refractivity contribution < 1.29 is 4.74 Å². The highest BCUT2D eigenvalue weighted by Crippen LogP contribution is 2.21. The molecule has 1 N–H and O–H groups in total. The Hall–Kier alpha value is -2.47. The zero-order chi connectivity index (χ0) is 15.1. The maximum atomic E-state index is 9.12. The van der Waals surface area contributed by atoms with E-state index in [0.717, 1.165) is 24.1 Å². The van der Waals surface area contributed by atoms with Gasteiger partial charge in [-0.15, -0.1) is 0 Å². The number of nitriles is 1. The molecule has 0 aliphatic carbocycles. The molecular weight excluding hydrogens is 260 g/mol. The van der Waals surface area contributed by atoms with Gasteiger partial charge < -0.3 is 10.1 Å². The molecule has 0 bridgehead atoms. The molecule has 0 unspecified atom stereocenters. The average molecular weight is 280 g/mol. The maximum Gasteiger partial charge on any atom is 0.136 e. The molecule has 0 heterocycles. The molecule has 0 aliphatic heterocycles. The Bertz CT molecular complexity index is 644. The minimum absolute atomic E-state index is 0.568. The Balaban J connectivity index is 2.12. The molecule has 0 fully saturated rings. The standard InChI is InChI=1S/C18H20N2O/c1-3-6-15-7-4-5-8-17(15)20-13-14-9-10-18(21-2)16(11-14)12-19/h4-5,7-11,20H,3,6,13H2,1-2H3. The van der Waals surface area contributed by atoms with Crippen LogP contribution in [0.25, 0.3) is 0 Å². The molecule has 2 aromatic carbocycles. The molecule has 0 radical (unpaired) electrons. The number of methoxy groups -OCH3 is 1. The summed E-state index contributed by atoms with van der Waals surface area (Å²) in [6.45, 7) is 2.87. The Morgan fingerprint density at radius 2 is 2.00 bits per heavy atom. The van der Waals surface area contributed by atoms with Gasteiger partial charge in [0.2, 0.25) is 0 Å². The van der Waals surface area contributed by atoms with E-state index in [1.165, 1.54) is 5.56 Å². The molecule has 2 aromatic rings. The van der Waals surface area contributed by atoms with Crippen LogP contribution in [0.1, 0.15) is 30.0 Å². The summed E-state index contributed by atoms with van der Waals surface area (Å²) in [6, 6.07) is 16.2. The molecule has 3 nitrogen and oxygen atoms in total. The monoisotopic (exact) mass is 280 g/mol. The van der Waals surface area contributed by atoms with Crippen molar-refractivity contribution in [2.45, 2.75) is 26.3 Å². The summed E-state index contributed by atoms with van der Waals surface area (Å²) in [5.41, 5.74) is 4.12. The molecule has 3 heteroatoms. The van der Waals surface area contributed by atoms with Crippen molar-refractivity contribution >= 4 is 5.69 Å². The minimum atomic E-state index is 0.568. The summed E-state index contributed by atoms with van der Waals surface area (Å²) >= 11 is 0. The van der Waals surface area contributed by atoms with Crippen LogP contribution >= 0.6 is 0 Å². The zero-order valence-corrected chi connectivity index (χ0v) is 12.5. The molecule has 0 spiro atoms. The van der Waals surface area contributed by atoms with Crippen LogP contribution in [-0.4, -0.2) is 7.11 Å². The fourth-order valence-corrected chi connectivity index (χ4v) is 2.33. The van der Waals surface area contributed by atoms with Crippen molar-refractivity contribution in [1.82, 2.24) is 0 Å². The fraction of sp³-hybridized carbons (Fsp3) is 0.278. The number of benzene rings is 2. The number of rotatable bonds is 6. The van der Waals surface area contributed by atoms with E-state index < -0.39 is 0 Å². The Morgan fingerprint density at radius 1 is 1.19 bits per heavy atom. The predicted octanol–water partition coefficient (Wildman–Crippen LogP) is 4.13. The first kappa shape index (κ1) is 14.9. The molecule has 21 heavy (non-hydrogen) atoms. The SMILES string of the molecule is CCCc1ccccc1NCc1ccc(OC)c(C#N)c1. The van der Waals surface area contributed by atoms with Crippen molar-refractivity contribution in [3.8, 4) is 11.8 Å². The molecule has 0 aliphatic rings. The van der Waals surface area contributed by atoms with Crippen LogP contribution in [0, 0.1) is 11.3 Å². The molecule has 0 amide bonds. The number of aryl methyl sites for hydroxylation is 1. The van der Waals surface area contributed by atoms with Gasteiger partial charge in [0.05, 0.1) is 12.7 Å². The van der Waals surface area contributed by atoms with E-state index in [1.807, 2.05) is 24.3 Å². The van der Waals surface area contributed by atoms with Crippen molar-refractivity contribution in [3.05, 3.63) is 59.2 Å². The quantitative estimate of drug-likeness (QED) is 0.865. The minimum Gasteiger partial charge on any atom is -0.495 e. The highest BCUT2D eigenvalue weighted by atomic mass is 16.5. The molecular formula is C18H20N2O. The second-order valence-corrected chi connectivity index (χ2v) is 4.91. The third-order valence-electron chi connectivity index (χ3n) is 3.40. The predicted molar refractivity (Wildman–Crippen MR) is 85.5 cm³/mol. The Kier molecular flexibility index (Phi) is 5.22. The summed E-state index contributed by atoms with van der Waals surface area (Å²) in [5.74, 6) is 0.618. The van der Waals surface area contributed by atoms with Gasteiger partial charge in [0.15, 0.2) is 0 Å². The lowest BCUT2D eigenvalue weighted by atomic mass is 10.1. The van der Waals surface area contributed by atoms with E-state index in [4.69, 9.17) is 10.00 Å². The van der Waals surface area contributed by atoms with Crippen LogP contribution in [-0.2, 0) is 13.0 Å². The summed E-state index contributed by atoms with van der Waals surface area (Å²) < 4.78 is 5.16. The number of hydrogen-bond donors (Lipinski definition) is 1. The van der Waals surface area contributed by atoms with Gasteiger partial charge in [-0.1, -0.05) is 37.6 Å². The lowest BCUT2D eigenvalue weighted by molar-refractivity contribution is 0.413. The van der Waals surface area contributed by atoms with Crippen molar-refractivity contribution in [1.29, 1.82) is 5.26 Å². The summed E-state index contributed by atoms with van der Waals surface area (Å²) in [4.78, 5) is 0. The van der Waals surface area contributed by atoms with Crippen molar-refractivity contribution in [2.75, 3.05) is 12.4 Å². The van der Waals surface area contributed by atoms with Crippen LogP contribution in [0.2, 0.25) is 0 Å². The number of nitrogens with zero attached hydrogens (tertiary/aromatic N) is 1. The second kappa shape index (κ2) is 7.35. The van der Waals surface area contributed by atoms with E-state index >= 15 is 0 Å². The van der Waals surface area contributed by atoms with Gasteiger partial charge in [0.1, 0.15) is 11.8 Å². The van der Waals surface area contributed by atoms with E-state index in [9.17, 15) is 0 Å². The van der Waals surface area contributed by atoms with E-state index in [-0.39, 0.29) is 0 Å². The lowest BCUT2D eigenvalue weighted by Gasteiger charge is -2.12. The topological polar surface area (TPSA) is 45.0 Å². The third kappa shape index (κ3) is 3.76. The third-order valence-corrected chi connectivity index (χ3v) is 3.40. The summed E-state index contributed by atoms with van der Waals surface area (Å²) in [7, 11) is 1.58. The first-order valence-electron chi connectivity index (χ1n) is 7.17. The van der Waals surface area contributed by atoms with Crippen LogP contribution in [0.5, 0.6) is 5.75 Å². The van der Waals surface area contributed by atoms with Gasteiger partial charge in [0, 0.05) is 12.2 Å². The van der Waals surface area contributed by atoms with Gasteiger partial charge in [0.25, 0.3) is 0 Å². The number of ether oxygens (including phenoxy) is 1. The highest BCUT2D eigenvalue weighted by molar-refractivity contribution is 5.52. The number of anilines is 1. The number of para-hydroxylation sites is 1. The smallest absolute Gasteiger partial charge is 0.136 e. The number of hydrogen-bond acceptors (Lipinski definition) is 3.